The van der Waals surface area contributed by atoms with Crippen molar-refractivity contribution < 1.29 is 24.2 Å². The average Bonchev–Trinajstić information content (AvgIpc) is 2.40. The molecule has 0 bridgehead atoms. The van der Waals surface area contributed by atoms with E-state index >= 15 is 0 Å². The molecule has 20 heavy (non-hydrogen) atoms. The third-order valence-electron chi connectivity index (χ3n) is 2.12. The van der Waals surface area contributed by atoms with Crippen LogP contribution >= 0.6 is 0 Å². The summed E-state index contributed by atoms with van der Waals surface area (Å²) in [6.07, 6.45) is 0.858. The molecule has 0 spiro atoms. The van der Waals surface area contributed by atoms with Crippen LogP contribution in [0.4, 0.5) is 0 Å². The normalized spacial score (nSPS) is 9.45. The Balaban J connectivity index is 0.000000796. The summed E-state index contributed by atoms with van der Waals surface area (Å²) in [4.78, 5) is 20.1. The van der Waals surface area contributed by atoms with Gasteiger partial charge in [0.2, 0.25) is 6.79 Å². The minimum Gasteiger partial charge on any atom is -0.457 e. The lowest BCUT2D eigenvalue weighted by atomic mass is 10.1. The van der Waals surface area contributed by atoms with E-state index in [9.17, 15) is 4.79 Å². The maximum atomic E-state index is 11.2. The molecule has 1 aromatic carbocycles. The van der Waals surface area contributed by atoms with Gasteiger partial charge in [0, 0.05) is 6.42 Å². The number of carbonyl (C=O) groups excluding carboxylic acids is 2. The Hall–Kier alpha value is -1.88. The number of aldehydes is 1. The number of ether oxygens (including phenoxy) is 2. The smallest absolute Gasteiger partial charge is 0.308 e. The van der Waals surface area contributed by atoms with Gasteiger partial charge in [0.25, 0.3) is 0 Å². The van der Waals surface area contributed by atoms with E-state index in [0.717, 1.165) is 0 Å². The first-order valence-electron chi connectivity index (χ1n) is 6.39. The number of rotatable bonds is 6. The fraction of sp³-hybridized carbons (Fsp3) is 0.467. The number of aliphatic hydroxyl groups is 1. The Morgan fingerprint density at radius 2 is 1.85 bits per heavy atom. The van der Waals surface area contributed by atoms with Gasteiger partial charge in [-0.2, -0.15) is 0 Å². The van der Waals surface area contributed by atoms with Crippen LogP contribution in [0.1, 0.15) is 25.8 Å². The highest BCUT2D eigenvalue weighted by atomic mass is 16.7. The number of carbonyl (C=O) groups is 2. The van der Waals surface area contributed by atoms with Crippen molar-refractivity contribution in [2.45, 2.75) is 27.2 Å². The second kappa shape index (κ2) is 11.0. The molecule has 0 fully saturated rings. The second-order valence-electron chi connectivity index (χ2n) is 4.54. The molecule has 1 N–H and O–H groups in total. The summed E-state index contributed by atoms with van der Waals surface area (Å²) in [7, 11) is 0. The molecule has 112 valence electrons. The van der Waals surface area contributed by atoms with Gasteiger partial charge in [-0.05, 0) is 25.0 Å². The predicted octanol–water partition coefficient (Wildman–Crippen LogP) is 2.10. The zero-order valence-corrected chi connectivity index (χ0v) is 12.2. The van der Waals surface area contributed by atoms with E-state index < -0.39 is 0 Å². The van der Waals surface area contributed by atoms with Crippen LogP contribution in [0.5, 0.6) is 5.75 Å². The third kappa shape index (κ3) is 10.1. The molecule has 1 rings (SSSR count). The molecule has 0 aliphatic heterocycles. The van der Waals surface area contributed by atoms with Crippen LogP contribution in [0, 0.1) is 12.8 Å². The lowest BCUT2D eigenvalue weighted by molar-refractivity contribution is -0.151. The van der Waals surface area contributed by atoms with Crippen LogP contribution in [0.3, 0.4) is 0 Å². The summed E-state index contributed by atoms with van der Waals surface area (Å²) in [6, 6.07) is 7.60. The maximum Gasteiger partial charge on any atom is 0.308 e. The standard InChI is InChI=1S/C13H18O3.C2H4O2/c1-10(2)8-13(14)16-9-15-12-6-4-11(3)5-7-12;3-1-2-4/h4-7,10H,8-9H2,1-3H3;1,4H,2H2. The Bertz CT molecular complexity index is 384. The third-order valence-corrected chi connectivity index (χ3v) is 2.12. The van der Waals surface area contributed by atoms with Crippen molar-refractivity contribution in [2.24, 2.45) is 5.92 Å². The largest absolute Gasteiger partial charge is 0.457 e. The summed E-state index contributed by atoms with van der Waals surface area (Å²) >= 11 is 0. The Kier molecular flexibility index (Phi) is 9.96. The van der Waals surface area contributed by atoms with E-state index in [1.807, 2.05) is 45.0 Å². The molecule has 1 aromatic rings. The molecule has 0 radical (unpaired) electrons. The van der Waals surface area contributed by atoms with Crippen LogP contribution in [0.25, 0.3) is 0 Å². The minimum absolute atomic E-state index is 0.0192. The van der Waals surface area contributed by atoms with Crippen molar-refractivity contribution >= 4 is 12.3 Å². The van der Waals surface area contributed by atoms with Crippen LogP contribution in [-0.2, 0) is 14.3 Å². The molecule has 0 heterocycles. The SMILES string of the molecule is Cc1ccc(OCOC(=O)CC(C)C)cc1.O=CCO. The maximum absolute atomic E-state index is 11.2. The molecule has 0 saturated carbocycles. The van der Waals surface area contributed by atoms with Crippen molar-refractivity contribution in [3.8, 4) is 5.75 Å². The highest BCUT2D eigenvalue weighted by Gasteiger charge is 2.05. The van der Waals surface area contributed by atoms with E-state index in [-0.39, 0.29) is 19.4 Å². The predicted molar refractivity (Wildman–Crippen MR) is 75.4 cm³/mol. The molecular weight excluding hydrogens is 260 g/mol. The molecule has 0 aliphatic rings. The molecule has 0 amide bonds. The first-order chi connectivity index (χ1) is 9.49. The lowest BCUT2D eigenvalue weighted by Gasteiger charge is -2.08. The van der Waals surface area contributed by atoms with Gasteiger partial charge in [-0.25, -0.2) is 0 Å². The van der Waals surface area contributed by atoms with Crippen LogP contribution in [-0.4, -0.2) is 30.8 Å². The molecule has 0 aromatic heterocycles. The van der Waals surface area contributed by atoms with Crippen molar-refractivity contribution in [3.63, 3.8) is 0 Å². The Morgan fingerprint density at radius 1 is 1.30 bits per heavy atom. The molecule has 5 heteroatoms. The van der Waals surface area contributed by atoms with Gasteiger partial charge in [0.05, 0.1) is 6.61 Å². The monoisotopic (exact) mass is 282 g/mol. The summed E-state index contributed by atoms with van der Waals surface area (Å²) < 4.78 is 10.2. The first kappa shape index (κ1) is 18.1. The zero-order chi connectivity index (χ0) is 15.4. The number of esters is 1. The van der Waals surface area contributed by atoms with Crippen molar-refractivity contribution in [2.75, 3.05) is 13.4 Å². The quantitative estimate of drug-likeness (QED) is 0.491. The average molecular weight is 282 g/mol. The molecule has 5 nitrogen and oxygen atoms in total. The Morgan fingerprint density at radius 3 is 2.30 bits per heavy atom. The van der Waals surface area contributed by atoms with Gasteiger partial charge in [-0.1, -0.05) is 31.5 Å². The topological polar surface area (TPSA) is 72.8 Å². The van der Waals surface area contributed by atoms with Gasteiger partial charge in [0.1, 0.15) is 12.0 Å². The summed E-state index contributed by atoms with van der Waals surface area (Å²) in [5.41, 5.74) is 1.17. The van der Waals surface area contributed by atoms with E-state index in [1.165, 1.54) is 5.56 Å². The zero-order valence-electron chi connectivity index (χ0n) is 12.2. The highest BCUT2D eigenvalue weighted by molar-refractivity contribution is 5.69. The van der Waals surface area contributed by atoms with Crippen LogP contribution in [0.15, 0.2) is 24.3 Å². The number of hydrogen-bond acceptors (Lipinski definition) is 5. The first-order valence-corrected chi connectivity index (χ1v) is 6.39. The fourth-order valence-corrected chi connectivity index (χ4v) is 1.19. The summed E-state index contributed by atoms with van der Waals surface area (Å²) in [5, 5.41) is 7.51. The number of aryl methyl sites for hydroxylation is 1. The molecular formula is C15H22O5. The minimum atomic E-state index is -0.361. The fourth-order valence-electron chi connectivity index (χ4n) is 1.19. The van der Waals surface area contributed by atoms with Gasteiger partial charge >= 0.3 is 5.97 Å². The van der Waals surface area contributed by atoms with E-state index in [2.05, 4.69) is 0 Å². The van der Waals surface area contributed by atoms with E-state index in [0.29, 0.717) is 24.4 Å². The van der Waals surface area contributed by atoms with Crippen molar-refractivity contribution in [3.05, 3.63) is 29.8 Å². The van der Waals surface area contributed by atoms with Gasteiger partial charge in [-0.3, -0.25) is 4.79 Å². The lowest BCUT2D eigenvalue weighted by Crippen LogP contribution is -2.12. The number of aliphatic hydroxyl groups excluding tert-OH is 1. The van der Waals surface area contributed by atoms with Crippen molar-refractivity contribution in [1.29, 1.82) is 0 Å². The van der Waals surface area contributed by atoms with Crippen LogP contribution < -0.4 is 4.74 Å². The van der Waals surface area contributed by atoms with Crippen molar-refractivity contribution in [1.82, 2.24) is 0 Å². The molecule has 0 unspecified atom stereocenters. The molecule has 0 atom stereocenters. The Labute approximate surface area is 119 Å². The van der Waals surface area contributed by atoms with E-state index in [1.54, 1.807) is 0 Å². The summed E-state index contributed by atoms with van der Waals surface area (Å²) in [6.45, 7) is 5.57. The summed E-state index contributed by atoms with van der Waals surface area (Å²) in [5.74, 6) is 0.803. The molecule has 0 saturated heterocycles. The van der Waals surface area contributed by atoms with E-state index in [4.69, 9.17) is 19.4 Å². The second-order valence-corrected chi connectivity index (χ2v) is 4.54. The van der Waals surface area contributed by atoms with Crippen LogP contribution in [0.2, 0.25) is 0 Å². The highest BCUT2D eigenvalue weighted by Crippen LogP contribution is 2.11. The van der Waals surface area contributed by atoms with Gasteiger partial charge in [0.15, 0.2) is 0 Å². The van der Waals surface area contributed by atoms with Gasteiger partial charge in [-0.15, -0.1) is 0 Å². The molecule has 0 aliphatic carbocycles. The van der Waals surface area contributed by atoms with Gasteiger partial charge < -0.3 is 19.4 Å². The number of hydrogen-bond donors (Lipinski definition) is 1. The number of benzene rings is 1.